The van der Waals surface area contributed by atoms with Gasteiger partial charge in [0.2, 0.25) is 0 Å². The predicted molar refractivity (Wildman–Crippen MR) is 73.6 cm³/mol. The summed E-state index contributed by atoms with van der Waals surface area (Å²) in [6, 6.07) is 7.97. The van der Waals surface area contributed by atoms with E-state index < -0.39 is 0 Å². The minimum absolute atomic E-state index is 0.141. The number of benzene rings is 1. The average Bonchev–Trinajstić information content (AvgIpc) is 2.33. The summed E-state index contributed by atoms with van der Waals surface area (Å²) in [5.41, 5.74) is 3.37. The van der Waals surface area contributed by atoms with E-state index in [4.69, 9.17) is 11.6 Å². The summed E-state index contributed by atoms with van der Waals surface area (Å²) in [6.07, 6.45) is 3.23. The predicted octanol–water partition coefficient (Wildman–Crippen LogP) is 3.68. The molecule has 90 valence electrons. The van der Waals surface area contributed by atoms with Crippen LogP contribution in [-0.2, 0) is 10.2 Å². The Labute approximate surface area is 111 Å². The molecule has 1 heterocycles. The number of nitrogens with zero attached hydrogens (tertiary/aromatic N) is 1. The van der Waals surface area contributed by atoms with Gasteiger partial charge in [-0.15, -0.1) is 0 Å². The summed E-state index contributed by atoms with van der Waals surface area (Å²) < 4.78 is 0. The average molecular weight is 258 g/mol. The summed E-state index contributed by atoms with van der Waals surface area (Å²) in [7, 11) is 0. The maximum atomic E-state index is 11.7. The highest BCUT2D eigenvalue weighted by Crippen LogP contribution is 2.45. The lowest BCUT2D eigenvalue weighted by molar-refractivity contribution is -0.110. The Morgan fingerprint density at radius 2 is 1.89 bits per heavy atom. The van der Waals surface area contributed by atoms with E-state index in [1.54, 1.807) is 6.08 Å². The first-order valence-electron chi connectivity index (χ1n) is 5.83. The number of hydrogen-bond donors (Lipinski definition) is 0. The van der Waals surface area contributed by atoms with Gasteiger partial charge in [0.15, 0.2) is 5.78 Å². The van der Waals surface area contributed by atoms with Crippen molar-refractivity contribution in [3.8, 4) is 0 Å². The van der Waals surface area contributed by atoms with Gasteiger partial charge in [-0.2, -0.15) is 0 Å². The van der Waals surface area contributed by atoms with E-state index >= 15 is 0 Å². The van der Waals surface area contributed by atoms with Gasteiger partial charge >= 0.3 is 0 Å². The van der Waals surface area contributed by atoms with Crippen molar-refractivity contribution >= 4 is 28.8 Å². The van der Waals surface area contributed by atoms with Gasteiger partial charge in [-0.25, -0.2) is 4.99 Å². The first kappa shape index (κ1) is 11.4. The van der Waals surface area contributed by atoms with Crippen molar-refractivity contribution in [3.63, 3.8) is 0 Å². The lowest BCUT2D eigenvalue weighted by Gasteiger charge is -2.35. The second-order valence-electron chi connectivity index (χ2n) is 5.03. The molecule has 0 N–H and O–H groups in total. The zero-order valence-electron chi connectivity index (χ0n) is 10.2. The van der Waals surface area contributed by atoms with Crippen LogP contribution in [0.4, 0.5) is 5.69 Å². The Morgan fingerprint density at radius 3 is 2.67 bits per heavy atom. The van der Waals surface area contributed by atoms with E-state index in [0.717, 1.165) is 22.5 Å². The van der Waals surface area contributed by atoms with Crippen LogP contribution in [-0.4, -0.2) is 11.5 Å². The number of ketones is 1. The van der Waals surface area contributed by atoms with Gasteiger partial charge in [0.25, 0.3) is 0 Å². The van der Waals surface area contributed by atoms with E-state index in [1.807, 2.05) is 24.3 Å². The molecule has 0 spiro atoms. The van der Waals surface area contributed by atoms with Gasteiger partial charge in [-0.05, 0) is 23.8 Å². The quantitative estimate of drug-likeness (QED) is 0.652. The van der Waals surface area contributed by atoms with Crippen LogP contribution in [0, 0.1) is 0 Å². The van der Waals surface area contributed by atoms with Crippen LogP contribution in [0.15, 0.2) is 52.0 Å². The summed E-state index contributed by atoms with van der Waals surface area (Å²) in [6.45, 7) is 4.15. The van der Waals surface area contributed by atoms with E-state index in [9.17, 15) is 4.79 Å². The molecule has 0 unspecified atom stereocenters. The number of carbonyl (C=O) groups is 1. The number of fused-ring (bicyclic) bond motifs is 2. The van der Waals surface area contributed by atoms with Crippen molar-refractivity contribution in [2.24, 2.45) is 4.99 Å². The number of halogens is 1. The van der Waals surface area contributed by atoms with Gasteiger partial charge in [0.1, 0.15) is 0 Å². The third-order valence-electron chi connectivity index (χ3n) is 3.53. The van der Waals surface area contributed by atoms with Crippen LogP contribution in [0.1, 0.15) is 19.4 Å². The third-order valence-corrected chi connectivity index (χ3v) is 3.90. The van der Waals surface area contributed by atoms with Crippen molar-refractivity contribution in [1.29, 1.82) is 0 Å². The Balaban J connectivity index is 2.36. The summed E-state index contributed by atoms with van der Waals surface area (Å²) in [4.78, 5) is 16.3. The van der Waals surface area contributed by atoms with Gasteiger partial charge < -0.3 is 0 Å². The molecule has 18 heavy (non-hydrogen) atoms. The van der Waals surface area contributed by atoms with Crippen LogP contribution < -0.4 is 0 Å². The lowest BCUT2D eigenvalue weighted by atomic mass is 9.71. The number of hydrogen-bond acceptors (Lipinski definition) is 2. The lowest BCUT2D eigenvalue weighted by Crippen LogP contribution is -2.31. The number of para-hydroxylation sites is 1. The maximum absolute atomic E-state index is 11.7. The molecule has 3 heteroatoms. The highest BCUT2D eigenvalue weighted by atomic mass is 35.5. The topological polar surface area (TPSA) is 29.4 Å². The standard InChI is InChI=1S/C15H12ClNO/c1-15(2)9-5-3-4-6-10(9)17-11-7-8-12(18)14(16)13(11)15/h3-8H,1-2H3. The number of rotatable bonds is 0. The monoisotopic (exact) mass is 257 g/mol. The minimum atomic E-state index is -0.300. The fourth-order valence-corrected chi connectivity index (χ4v) is 2.99. The van der Waals surface area contributed by atoms with Gasteiger partial charge in [-0.3, -0.25) is 4.79 Å². The first-order valence-corrected chi connectivity index (χ1v) is 6.21. The summed E-state index contributed by atoms with van der Waals surface area (Å²) in [5, 5.41) is 0.288. The minimum Gasteiger partial charge on any atom is -0.288 e. The molecule has 0 bridgehead atoms. The van der Waals surface area contributed by atoms with E-state index in [2.05, 4.69) is 18.8 Å². The molecule has 0 amide bonds. The molecule has 1 aliphatic heterocycles. The van der Waals surface area contributed by atoms with Crippen molar-refractivity contribution in [2.75, 3.05) is 0 Å². The Kier molecular flexibility index (Phi) is 2.32. The summed E-state index contributed by atoms with van der Waals surface area (Å²) in [5.74, 6) is -0.141. The van der Waals surface area contributed by atoms with Crippen LogP contribution in [0.25, 0.3) is 0 Å². The van der Waals surface area contributed by atoms with Crippen molar-refractivity contribution in [1.82, 2.24) is 0 Å². The molecule has 0 atom stereocenters. The van der Waals surface area contributed by atoms with Gasteiger partial charge in [0.05, 0.1) is 16.4 Å². The maximum Gasteiger partial charge on any atom is 0.197 e. The van der Waals surface area contributed by atoms with E-state index in [-0.39, 0.29) is 16.2 Å². The molecule has 0 saturated heterocycles. The molecule has 0 fully saturated rings. The number of aliphatic imine (C=N–C) groups is 1. The van der Waals surface area contributed by atoms with Crippen LogP contribution >= 0.6 is 11.6 Å². The van der Waals surface area contributed by atoms with Crippen molar-refractivity contribution in [2.45, 2.75) is 19.3 Å². The second-order valence-corrected chi connectivity index (χ2v) is 5.40. The fraction of sp³-hybridized carbons (Fsp3) is 0.200. The zero-order valence-corrected chi connectivity index (χ0v) is 11.0. The van der Waals surface area contributed by atoms with Crippen LogP contribution in [0.2, 0.25) is 0 Å². The van der Waals surface area contributed by atoms with Crippen LogP contribution in [0.3, 0.4) is 0 Å². The molecule has 2 aliphatic rings. The van der Waals surface area contributed by atoms with E-state index in [1.165, 1.54) is 6.08 Å². The van der Waals surface area contributed by atoms with Gasteiger partial charge in [0, 0.05) is 11.0 Å². The molecular weight excluding hydrogens is 246 g/mol. The fourth-order valence-electron chi connectivity index (χ4n) is 2.60. The van der Waals surface area contributed by atoms with Crippen molar-refractivity contribution < 1.29 is 4.79 Å². The van der Waals surface area contributed by atoms with Gasteiger partial charge in [-0.1, -0.05) is 43.6 Å². The first-order chi connectivity index (χ1) is 8.51. The number of allylic oxidation sites excluding steroid dienone is 4. The van der Waals surface area contributed by atoms with Crippen molar-refractivity contribution in [3.05, 3.63) is 52.6 Å². The van der Waals surface area contributed by atoms with E-state index in [0.29, 0.717) is 0 Å². The Morgan fingerprint density at radius 1 is 1.17 bits per heavy atom. The SMILES string of the molecule is CC1(C)C2=C(Cl)C(=O)C=CC2=Nc2ccccc21. The normalized spacial score (nSPS) is 20.4. The molecule has 0 aromatic heterocycles. The molecule has 1 aromatic carbocycles. The Bertz CT molecular complexity index is 650. The molecule has 3 rings (SSSR count). The highest BCUT2D eigenvalue weighted by molar-refractivity contribution is 6.48. The molecule has 2 nitrogen and oxygen atoms in total. The summed E-state index contributed by atoms with van der Waals surface area (Å²) >= 11 is 6.19. The zero-order chi connectivity index (χ0) is 12.9. The van der Waals surface area contributed by atoms with Crippen LogP contribution in [0.5, 0.6) is 0 Å². The molecule has 1 aromatic rings. The number of carbonyl (C=O) groups excluding carboxylic acids is 1. The largest absolute Gasteiger partial charge is 0.288 e. The molecular formula is C15H12ClNO. The second kappa shape index (κ2) is 3.66. The molecule has 0 radical (unpaired) electrons. The third kappa shape index (κ3) is 1.42. The molecule has 0 saturated carbocycles. The highest BCUT2D eigenvalue weighted by Gasteiger charge is 2.38. The Hall–Kier alpha value is -1.67. The smallest absolute Gasteiger partial charge is 0.197 e. The molecule has 1 aliphatic carbocycles.